The van der Waals surface area contributed by atoms with Crippen molar-refractivity contribution in [3.05, 3.63) is 33.9 Å². The minimum absolute atomic E-state index is 0.0427. The number of fused-ring (bicyclic) bond motifs is 3. The summed E-state index contributed by atoms with van der Waals surface area (Å²) >= 11 is 3.44. The van der Waals surface area contributed by atoms with Crippen LogP contribution < -0.4 is 5.32 Å². The van der Waals surface area contributed by atoms with Crippen LogP contribution in [-0.4, -0.2) is 17.4 Å². The van der Waals surface area contributed by atoms with Crippen LogP contribution in [0.25, 0.3) is 10.9 Å². The molecule has 0 aliphatic carbocycles. The number of aryl methyl sites for hydroxylation is 1. The molecule has 82 valence electrons. The highest BCUT2D eigenvalue weighted by Crippen LogP contribution is 2.27. The van der Waals surface area contributed by atoms with E-state index >= 15 is 0 Å². The molecule has 0 atom stereocenters. The zero-order chi connectivity index (χ0) is 11.1. The average Bonchev–Trinajstić information content (AvgIpc) is 2.51. The second-order valence-electron chi connectivity index (χ2n) is 4.03. The van der Waals surface area contributed by atoms with Gasteiger partial charge in [0.2, 0.25) is 0 Å². The van der Waals surface area contributed by atoms with E-state index in [4.69, 9.17) is 0 Å². The molecule has 3 rings (SSSR count). The molecule has 0 saturated carbocycles. The van der Waals surface area contributed by atoms with Crippen LogP contribution in [0, 0.1) is 0 Å². The highest BCUT2D eigenvalue weighted by Gasteiger charge is 2.20. The van der Waals surface area contributed by atoms with E-state index in [-0.39, 0.29) is 5.91 Å². The molecule has 2 N–H and O–H groups in total. The van der Waals surface area contributed by atoms with Gasteiger partial charge in [-0.2, -0.15) is 0 Å². The molecule has 1 amide bonds. The van der Waals surface area contributed by atoms with Gasteiger partial charge in [-0.3, -0.25) is 4.79 Å². The first-order chi connectivity index (χ1) is 7.75. The Labute approximate surface area is 101 Å². The van der Waals surface area contributed by atoms with Gasteiger partial charge in [0.1, 0.15) is 0 Å². The van der Waals surface area contributed by atoms with Gasteiger partial charge in [-0.15, -0.1) is 0 Å². The second kappa shape index (κ2) is 3.63. The van der Waals surface area contributed by atoms with Gasteiger partial charge in [0.05, 0.1) is 5.56 Å². The number of halogens is 1. The monoisotopic (exact) mass is 278 g/mol. The standard InChI is InChI=1S/C12H11BrN2O/c13-7-3-4-8-10(6-7)15-9-2-1-5-14-12(16)11(8)9/h3-4,6,15H,1-2,5H2,(H,14,16). The van der Waals surface area contributed by atoms with Gasteiger partial charge in [0.25, 0.3) is 5.91 Å². The van der Waals surface area contributed by atoms with Gasteiger partial charge in [-0.05, 0) is 25.0 Å². The lowest BCUT2D eigenvalue weighted by atomic mass is 10.1. The number of hydrogen-bond acceptors (Lipinski definition) is 1. The Kier molecular flexibility index (Phi) is 2.24. The number of H-pyrrole nitrogens is 1. The van der Waals surface area contributed by atoms with Crippen LogP contribution in [0.1, 0.15) is 22.5 Å². The minimum Gasteiger partial charge on any atom is -0.358 e. The van der Waals surface area contributed by atoms with Crippen molar-refractivity contribution < 1.29 is 4.79 Å². The lowest BCUT2D eigenvalue weighted by molar-refractivity contribution is 0.0957. The van der Waals surface area contributed by atoms with Gasteiger partial charge in [-0.25, -0.2) is 0 Å². The van der Waals surface area contributed by atoms with Crippen molar-refractivity contribution in [2.24, 2.45) is 0 Å². The number of nitrogens with one attached hydrogen (secondary N) is 2. The normalized spacial score (nSPS) is 15.7. The number of carbonyl (C=O) groups is 1. The van der Waals surface area contributed by atoms with Crippen molar-refractivity contribution in [2.45, 2.75) is 12.8 Å². The molecule has 1 aromatic carbocycles. The molecule has 0 spiro atoms. The van der Waals surface area contributed by atoms with Gasteiger partial charge in [0.15, 0.2) is 0 Å². The van der Waals surface area contributed by atoms with Crippen LogP contribution in [0.15, 0.2) is 22.7 Å². The van der Waals surface area contributed by atoms with Crippen molar-refractivity contribution in [1.82, 2.24) is 10.3 Å². The van der Waals surface area contributed by atoms with Crippen LogP contribution in [0.5, 0.6) is 0 Å². The van der Waals surface area contributed by atoms with E-state index in [1.807, 2.05) is 18.2 Å². The van der Waals surface area contributed by atoms with Crippen molar-refractivity contribution in [1.29, 1.82) is 0 Å². The topological polar surface area (TPSA) is 44.9 Å². The summed E-state index contributed by atoms with van der Waals surface area (Å²) in [4.78, 5) is 15.3. The van der Waals surface area contributed by atoms with Crippen LogP contribution in [0.4, 0.5) is 0 Å². The molecule has 1 aromatic heterocycles. The Balaban J connectivity index is 2.30. The van der Waals surface area contributed by atoms with Gasteiger partial charge in [-0.1, -0.05) is 22.0 Å². The maximum atomic E-state index is 11.9. The summed E-state index contributed by atoms with van der Waals surface area (Å²) in [5, 5.41) is 3.93. The number of rotatable bonds is 0. The Morgan fingerprint density at radius 2 is 2.19 bits per heavy atom. The molecule has 0 fully saturated rings. The maximum absolute atomic E-state index is 11.9. The zero-order valence-electron chi connectivity index (χ0n) is 8.64. The number of aromatic nitrogens is 1. The van der Waals surface area contributed by atoms with Crippen molar-refractivity contribution in [3.63, 3.8) is 0 Å². The third-order valence-electron chi connectivity index (χ3n) is 2.95. The van der Waals surface area contributed by atoms with Gasteiger partial charge >= 0.3 is 0 Å². The summed E-state index contributed by atoms with van der Waals surface area (Å²) < 4.78 is 1.02. The molecule has 0 bridgehead atoms. The first kappa shape index (κ1) is 9.90. The van der Waals surface area contributed by atoms with Crippen molar-refractivity contribution in [3.8, 4) is 0 Å². The zero-order valence-corrected chi connectivity index (χ0v) is 10.2. The third kappa shape index (κ3) is 1.45. The van der Waals surface area contributed by atoms with Crippen molar-refractivity contribution >= 4 is 32.7 Å². The molecule has 0 unspecified atom stereocenters. The molecular weight excluding hydrogens is 268 g/mol. The predicted molar refractivity (Wildman–Crippen MR) is 66.7 cm³/mol. The summed E-state index contributed by atoms with van der Waals surface area (Å²) in [6, 6.07) is 5.96. The molecule has 16 heavy (non-hydrogen) atoms. The minimum atomic E-state index is 0.0427. The highest BCUT2D eigenvalue weighted by atomic mass is 79.9. The second-order valence-corrected chi connectivity index (χ2v) is 4.94. The Hall–Kier alpha value is -1.29. The summed E-state index contributed by atoms with van der Waals surface area (Å²) in [7, 11) is 0. The number of amides is 1. The van der Waals surface area contributed by atoms with E-state index in [1.54, 1.807) is 0 Å². The maximum Gasteiger partial charge on any atom is 0.253 e. The van der Waals surface area contributed by atoms with E-state index in [1.165, 1.54) is 0 Å². The fourth-order valence-corrected chi connectivity index (χ4v) is 2.59. The van der Waals surface area contributed by atoms with Crippen LogP contribution in [-0.2, 0) is 6.42 Å². The first-order valence-corrected chi connectivity index (χ1v) is 6.13. The molecule has 1 aliphatic rings. The molecule has 0 radical (unpaired) electrons. The van der Waals surface area contributed by atoms with E-state index in [2.05, 4.69) is 26.2 Å². The summed E-state index contributed by atoms with van der Waals surface area (Å²) in [6.07, 6.45) is 1.92. The number of carbonyl (C=O) groups excluding carboxylic acids is 1. The number of aromatic amines is 1. The molecule has 4 heteroatoms. The Morgan fingerprint density at radius 3 is 3.06 bits per heavy atom. The summed E-state index contributed by atoms with van der Waals surface area (Å²) in [6.45, 7) is 0.763. The lowest BCUT2D eigenvalue weighted by Gasteiger charge is -1.99. The molecule has 2 heterocycles. The fourth-order valence-electron chi connectivity index (χ4n) is 2.23. The number of hydrogen-bond donors (Lipinski definition) is 2. The van der Waals surface area contributed by atoms with Crippen LogP contribution in [0.3, 0.4) is 0 Å². The van der Waals surface area contributed by atoms with E-state index < -0.39 is 0 Å². The average molecular weight is 279 g/mol. The predicted octanol–water partition coefficient (Wildman–Crippen LogP) is 2.61. The van der Waals surface area contributed by atoms with E-state index in [0.717, 1.165) is 46.0 Å². The largest absolute Gasteiger partial charge is 0.358 e. The van der Waals surface area contributed by atoms with E-state index in [0.29, 0.717) is 0 Å². The quantitative estimate of drug-likeness (QED) is 0.765. The molecular formula is C12H11BrN2O. The van der Waals surface area contributed by atoms with Crippen LogP contribution >= 0.6 is 15.9 Å². The fraction of sp³-hybridized carbons (Fsp3) is 0.250. The molecule has 1 aliphatic heterocycles. The summed E-state index contributed by atoms with van der Waals surface area (Å²) in [5.74, 6) is 0.0427. The smallest absolute Gasteiger partial charge is 0.253 e. The van der Waals surface area contributed by atoms with Crippen LogP contribution in [0.2, 0.25) is 0 Å². The SMILES string of the molecule is O=C1NCCCc2[nH]c3cc(Br)ccc3c21. The Morgan fingerprint density at radius 1 is 1.31 bits per heavy atom. The summed E-state index contributed by atoms with van der Waals surface area (Å²) in [5.41, 5.74) is 2.90. The van der Waals surface area contributed by atoms with Gasteiger partial charge < -0.3 is 10.3 Å². The first-order valence-electron chi connectivity index (χ1n) is 5.34. The third-order valence-corrected chi connectivity index (χ3v) is 3.45. The molecule has 0 saturated heterocycles. The lowest BCUT2D eigenvalue weighted by Crippen LogP contribution is -2.22. The molecule has 2 aromatic rings. The molecule has 3 nitrogen and oxygen atoms in total. The van der Waals surface area contributed by atoms with E-state index in [9.17, 15) is 4.79 Å². The van der Waals surface area contributed by atoms with Crippen molar-refractivity contribution in [2.75, 3.05) is 6.54 Å². The Bertz CT molecular complexity index is 574. The highest BCUT2D eigenvalue weighted by molar-refractivity contribution is 9.10. The number of benzene rings is 1. The van der Waals surface area contributed by atoms with Gasteiger partial charge in [0, 0.05) is 27.6 Å².